The minimum Gasteiger partial charge on any atom is -0.325 e. The lowest BCUT2D eigenvalue weighted by Crippen LogP contribution is -2.23. The van der Waals surface area contributed by atoms with Crippen molar-refractivity contribution in [1.82, 2.24) is 14.8 Å². The predicted octanol–water partition coefficient (Wildman–Crippen LogP) is 3.74. The number of hydrogen-bond acceptors (Lipinski definition) is 4. The van der Waals surface area contributed by atoms with Crippen LogP contribution in [0.2, 0.25) is 0 Å². The number of rotatable bonds is 6. The molecule has 0 radical (unpaired) electrons. The molecule has 0 unspecified atom stereocenters. The third-order valence-corrected chi connectivity index (χ3v) is 5.18. The first-order valence-electron chi connectivity index (χ1n) is 8.16. The molecule has 1 amide bonds. The van der Waals surface area contributed by atoms with Crippen LogP contribution in [0, 0.1) is 12.7 Å². The van der Waals surface area contributed by atoms with E-state index in [2.05, 4.69) is 27.0 Å². The topological polar surface area (TPSA) is 59.8 Å². The maximum atomic E-state index is 13.6. The summed E-state index contributed by atoms with van der Waals surface area (Å²) >= 11 is 1.38. The van der Waals surface area contributed by atoms with E-state index in [4.69, 9.17) is 0 Å². The van der Waals surface area contributed by atoms with Crippen LogP contribution in [-0.2, 0) is 11.3 Å². The molecule has 1 atom stereocenters. The molecule has 1 N–H and O–H groups in total. The van der Waals surface area contributed by atoms with Gasteiger partial charge in [0.15, 0.2) is 5.16 Å². The van der Waals surface area contributed by atoms with E-state index in [0.29, 0.717) is 17.2 Å². The van der Waals surface area contributed by atoms with Gasteiger partial charge in [0.05, 0.1) is 5.25 Å². The van der Waals surface area contributed by atoms with Gasteiger partial charge in [-0.15, -0.1) is 10.2 Å². The van der Waals surface area contributed by atoms with Crippen LogP contribution < -0.4 is 5.32 Å². The van der Waals surface area contributed by atoms with Crippen LogP contribution in [-0.4, -0.2) is 25.9 Å². The molecule has 0 aliphatic heterocycles. The average Bonchev–Trinajstić information content (AvgIpc) is 3.32. The number of anilines is 1. The highest BCUT2D eigenvalue weighted by molar-refractivity contribution is 8.00. The summed E-state index contributed by atoms with van der Waals surface area (Å²) in [5.41, 5.74) is 1.02. The van der Waals surface area contributed by atoms with Crippen LogP contribution in [0.5, 0.6) is 0 Å². The Balaban J connectivity index is 1.66. The number of carbonyl (C=O) groups is 1. The molecule has 1 aromatic heterocycles. The summed E-state index contributed by atoms with van der Waals surface area (Å²) in [5.74, 6) is 1.04. The molecule has 0 saturated heterocycles. The van der Waals surface area contributed by atoms with Crippen LogP contribution >= 0.6 is 11.8 Å². The van der Waals surface area contributed by atoms with Gasteiger partial charge in [-0.3, -0.25) is 4.79 Å². The van der Waals surface area contributed by atoms with Gasteiger partial charge >= 0.3 is 0 Å². The normalized spacial score (nSPS) is 15.3. The van der Waals surface area contributed by atoms with Crippen molar-refractivity contribution in [2.24, 2.45) is 0 Å². The molecule has 1 aromatic carbocycles. The van der Waals surface area contributed by atoms with Gasteiger partial charge in [0.25, 0.3) is 0 Å². The van der Waals surface area contributed by atoms with Crippen molar-refractivity contribution < 1.29 is 9.18 Å². The van der Waals surface area contributed by atoms with E-state index >= 15 is 0 Å². The number of carbonyl (C=O) groups excluding carboxylic acids is 1. The lowest BCUT2D eigenvalue weighted by Gasteiger charge is -2.13. The van der Waals surface area contributed by atoms with Crippen molar-refractivity contribution in [1.29, 1.82) is 0 Å². The molecule has 0 bridgehead atoms. The molecule has 3 rings (SSSR count). The molecule has 7 heteroatoms. The van der Waals surface area contributed by atoms with Crippen molar-refractivity contribution in [2.75, 3.05) is 5.32 Å². The second-order valence-electron chi connectivity index (χ2n) is 6.07. The summed E-state index contributed by atoms with van der Waals surface area (Å²) in [6.45, 7) is 6.35. The smallest absolute Gasteiger partial charge is 0.237 e. The fraction of sp³-hybridized carbons (Fsp3) is 0.471. The molecule has 1 aliphatic rings. The van der Waals surface area contributed by atoms with E-state index in [0.717, 1.165) is 30.4 Å². The Bertz CT molecular complexity index is 757. The maximum absolute atomic E-state index is 13.6. The molecule has 0 spiro atoms. The predicted molar refractivity (Wildman–Crippen MR) is 92.8 cm³/mol. The SMILES string of the molecule is CCn1c(S[C@H](C)C(=O)Nc2ccc(C)c(F)c2)nnc1C1CC1. The van der Waals surface area contributed by atoms with E-state index in [1.165, 1.54) is 17.8 Å². The first-order chi connectivity index (χ1) is 11.5. The van der Waals surface area contributed by atoms with Gasteiger partial charge in [-0.25, -0.2) is 4.39 Å². The Morgan fingerprint density at radius 2 is 2.21 bits per heavy atom. The molecular formula is C17H21FN4OS. The zero-order valence-electron chi connectivity index (χ0n) is 14.0. The Kier molecular flexibility index (Phi) is 4.89. The van der Waals surface area contributed by atoms with Crippen molar-refractivity contribution in [2.45, 2.75) is 56.5 Å². The second-order valence-corrected chi connectivity index (χ2v) is 7.38. The molecule has 1 fully saturated rings. The van der Waals surface area contributed by atoms with Gasteiger partial charge < -0.3 is 9.88 Å². The number of halogens is 1. The first kappa shape index (κ1) is 17.0. The molecule has 128 valence electrons. The van der Waals surface area contributed by atoms with Crippen LogP contribution in [0.3, 0.4) is 0 Å². The molecular weight excluding hydrogens is 327 g/mol. The number of aryl methyl sites for hydroxylation is 1. The molecule has 1 aliphatic carbocycles. The number of nitrogens with zero attached hydrogens (tertiary/aromatic N) is 3. The Labute approximate surface area is 145 Å². The van der Waals surface area contributed by atoms with Crippen LogP contribution in [0.15, 0.2) is 23.4 Å². The van der Waals surface area contributed by atoms with Gasteiger partial charge in [0.1, 0.15) is 11.6 Å². The number of thioether (sulfide) groups is 1. The Hall–Kier alpha value is -1.89. The van der Waals surface area contributed by atoms with Gasteiger partial charge in [-0.2, -0.15) is 0 Å². The zero-order chi connectivity index (χ0) is 17.3. The number of benzene rings is 1. The van der Waals surface area contributed by atoms with Crippen LogP contribution in [0.4, 0.5) is 10.1 Å². The number of hydrogen-bond donors (Lipinski definition) is 1. The highest BCUT2D eigenvalue weighted by Crippen LogP contribution is 2.40. The molecule has 1 heterocycles. The van der Waals surface area contributed by atoms with Crippen molar-refractivity contribution >= 4 is 23.4 Å². The average molecular weight is 348 g/mol. The summed E-state index contributed by atoms with van der Waals surface area (Å²) in [7, 11) is 0. The summed E-state index contributed by atoms with van der Waals surface area (Å²) in [5, 5.41) is 11.7. The van der Waals surface area contributed by atoms with Gasteiger partial charge in [0.2, 0.25) is 5.91 Å². The van der Waals surface area contributed by atoms with E-state index in [1.807, 2.05) is 6.92 Å². The quantitative estimate of drug-likeness (QED) is 0.808. The number of nitrogens with one attached hydrogen (secondary N) is 1. The molecule has 24 heavy (non-hydrogen) atoms. The Morgan fingerprint density at radius 1 is 1.46 bits per heavy atom. The first-order valence-corrected chi connectivity index (χ1v) is 9.04. The third-order valence-electron chi connectivity index (χ3n) is 4.09. The highest BCUT2D eigenvalue weighted by Gasteiger charge is 2.30. The molecule has 2 aromatic rings. The summed E-state index contributed by atoms with van der Waals surface area (Å²) in [4.78, 5) is 12.4. The van der Waals surface area contributed by atoms with Crippen LogP contribution in [0.1, 0.15) is 44.0 Å². The molecule has 5 nitrogen and oxygen atoms in total. The monoisotopic (exact) mass is 348 g/mol. The minimum absolute atomic E-state index is 0.179. The lowest BCUT2D eigenvalue weighted by molar-refractivity contribution is -0.115. The molecule has 1 saturated carbocycles. The van der Waals surface area contributed by atoms with Crippen LogP contribution in [0.25, 0.3) is 0 Å². The van der Waals surface area contributed by atoms with Gasteiger partial charge in [0, 0.05) is 18.2 Å². The summed E-state index contributed by atoms with van der Waals surface area (Å²) in [6.07, 6.45) is 2.33. The zero-order valence-corrected chi connectivity index (χ0v) is 14.9. The summed E-state index contributed by atoms with van der Waals surface area (Å²) in [6, 6.07) is 4.69. The lowest BCUT2D eigenvalue weighted by atomic mass is 10.2. The van der Waals surface area contributed by atoms with E-state index in [-0.39, 0.29) is 17.0 Å². The van der Waals surface area contributed by atoms with E-state index < -0.39 is 0 Å². The fourth-order valence-corrected chi connectivity index (χ4v) is 3.37. The van der Waals surface area contributed by atoms with E-state index in [9.17, 15) is 9.18 Å². The van der Waals surface area contributed by atoms with Crippen molar-refractivity contribution in [3.63, 3.8) is 0 Å². The standard InChI is InChI=1S/C17H21FN4OS/c1-4-22-15(12-6-7-12)20-21-17(22)24-11(3)16(23)19-13-8-5-10(2)14(18)9-13/h5,8-9,11-12H,4,6-7H2,1-3H3,(H,19,23)/t11-/m1/s1. The number of amides is 1. The minimum atomic E-state index is -0.351. The highest BCUT2D eigenvalue weighted by atomic mass is 32.2. The maximum Gasteiger partial charge on any atom is 0.237 e. The fourth-order valence-electron chi connectivity index (χ4n) is 2.45. The van der Waals surface area contributed by atoms with Gasteiger partial charge in [-0.1, -0.05) is 17.8 Å². The third kappa shape index (κ3) is 3.61. The van der Waals surface area contributed by atoms with Crippen molar-refractivity contribution in [3.8, 4) is 0 Å². The number of aromatic nitrogens is 3. The largest absolute Gasteiger partial charge is 0.325 e. The summed E-state index contributed by atoms with van der Waals surface area (Å²) < 4.78 is 15.7. The van der Waals surface area contributed by atoms with Crippen molar-refractivity contribution in [3.05, 3.63) is 35.4 Å². The Morgan fingerprint density at radius 3 is 2.83 bits per heavy atom. The second kappa shape index (κ2) is 6.93. The van der Waals surface area contributed by atoms with Gasteiger partial charge in [-0.05, 0) is 51.3 Å². The van der Waals surface area contributed by atoms with E-state index in [1.54, 1.807) is 19.1 Å².